The molecule has 0 aliphatic carbocycles. The molecular weight excluding hydrogens is 381 g/mol. The Balaban J connectivity index is 1.83. The average molecular weight is 400 g/mol. The first-order valence-electron chi connectivity index (χ1n) is 8.51. The van der Waals surface area contributed by atoms with Gasteiger partial charge in [-0.1, -0.05) is 0 Å². The zero-order valence-electron chi connectivity index (χ0n) is 15.1. The highest BCUT2D eigenvalue weighted by molar-refractivity contribution is 5.91. The summed E-state index contributed by atoms with van der Waals surface area (Å²) < 4.78 is 59.9. The molecule has 1 saturated heterocycles. The monoisotopic (exact) mass is 400 g/mol. The standard InChI is InChI=1S/C18H19F3N2O5/c1-25-17(24)12-2-3-14(16(8-12)28-11-18(19,20)21)15-4-5-23(22-15)9-13-10-26-6-7-27-13/h2-5,8,13H,6-7,9-11H2,1H3/t13-/m0/s1. The Morgan fingerprint density at radius 2 is 2.14 bits per heavy atom. The van der Waals surface area contributed by atoms with Crippen LogP contribution in [0.3, 0.4) is 0 Å². The number of nitrogens with zero attached hydrogens (tertiary/aromatic N) is 2. The van der Waals surface area contributed by atoms with Gasteiger partial charge < -0.3 is 18.9 Å². The Bertz CT molecular complexity index is 816. The van der Waals surface area contributed by atoms with Gasteiger partial charge in [0.05, 0.1) is 44.7 Å². The molecule has 1 fully saturated rings. The second-order valence-corrected chi connectivity index (χ2v) is 6.10. The number of esters is 1. The van der Waals surface area contributed by atoms with Crippen molar-refractivity contribution < 1.29 is 36.9 Å². The summed E-state index contributed by atoms with van der Waals surface area (Å²) in [4.78, 5) is 11.7. The van der Waals surface area contributed by atoms with Gasteiger partial charge in [0.25, 0.3) is 0 Å². The number of hydrogen-bond donors (Lipinski definition) is 0. The largest absolute Gasteiger partial charge is 0.483 e. The van der Waals surface area contributed by atoms with E-state index in [1.54, 1.807) is 16.9 Å². The summed E-state index contributed by atoms with van der Waals surface area (Å²) in [6.07, 6.45) is -2.98. The lowest BCUT2D eigenvalue weighted by molar-refractivity contribution is -0.153. The fourth-order valence-electron chi connectivity index (χ4n) is 2.72. The smallest absolute Gasteiger partial charge is 0.422 e. The zero-order valence-corrected chi connectivity index (χ0v) is 15.1. The molecule has 10 heteroatoms. The van der Waals surface area contributed by atoms with Crippen LogP contribution in [0.15, 0.2) is 30.5 Å². The van der Waals surface area contributed by atoms with Crippen molar-refractivity contribution >= 4 is 5.97 Å². The van der Waals surface area contributed by atoms with Gasteiger partial charge in [0.1, 0.15) is 11.9 Å². The highest BCUT2D eigenvalue weighted by atomic mass is 19.4. The van der Waals surface area contributed by atoms with Crippen LogP contribution in [-0.4, -0.2) is 61.6 Å². The van der Waals surface area contributed by atoms with Gasteiger partial charge in [0.2, 0.25) is 0 Å². The number of aromatic nitrogens is 2. The predicted molar refractivity (Wildman–Crippen MR) is 91.1 cm³/mol. The van der Waals surface area contributed by atoms with Crippen LogP contribution in [0.5, 0.6) is 5.75 Å². The van der Waals surface area contributed by atoms with Gasteiger partial charge in [0, 0.05) is 11.8 Å². The Labute approximate surface area is 158 Å². The molecule has 1 aliphatic heterocycles. The lowest BCUT2D eigenvalue weighted by atomic mass is 10.1. The first-order chi connectivity index (χ1) is 13.4. The summed E-state index contributed by atoms with van der Waals surface area (Å²) in [5.41, 5.74) is 0.817. The van der Waals surface area contributed by atoms with Crippen molar-refractivity contribution in [2.75, 3.05) is 33.5 Å². The molecule has 0 amide bonds. The number of carbonyl (C=O) groups is 1. The zero-order chi connectivity index (χ0) is 20.1. The predicted octanol–water partition coefficient (Wildman–Crippen LogP) is 2.69. The van der Waals surface area contributed by atoms with E-state index in [-0.39, 0.29) is 17.4 Å². The van der Waals surface area contributed by atoms with Crippen molar-refractivity contribution in [3.8, 4) is 17.0 Å². The third-order valence-electron chi connectivity index (χ3n) is 3.99. The summed E-state index contributed by atoms with van der Waals surface area (Å²) in [6, 6.07) is 5.78. The van der Waals surface area contributed by atoms with Crippen LogP contribution in [0.4, 0.5) is 13.2 Å². The molecule has 2 heterocycles. The van der Waals surface area contributed by atoms with Crippen LogP contribution in [0.1, 0.15) is 10.4 Å². The van der Waals surface area contributed by atoms with E-state index in [0.717, 1.165) is 0 Å². The second-order valence-electron chi connectivity index (χ2n) is 6.10. The fourth-order valence-corrected chi connectivity index (χ4v) is 2.72. The van der Waals surface area contributed by atoms with E-state index in [2.05, 4.69) is 9.84 Å². The van der Waals surface area contributed by atoms with Crippen LogP contribution in [0, 0.1) is 0 Å². The van der Waals surface area contributed by atoms with E-state index in [1.165, 1.54) is 25.3 Å². The number of benzene rings is 1. The van der Waals surface area contributed by atoms with Gasteiger partial charge in [-0.15, -0.1) is 0 Å². The first kappa shape index (κ1) is 20.2. The van der Waals surface area contributed by atoms with Gasteiger partial charge in [-0.05, 0) is 24.3 Å². The molecule has 0 unspecified atom stereocenters. The molecule has 0 saturated carbocycles. The minimum Gasteiger partial charge on any atom is -0.483 e. The van der Waals surface area contributed by atoms with Gasteiger partial charge in [0.15, 0.2) is 6.61 Å². The van der Waals surface area contributed by atoms with Crippen molar-refractivity contribution in [3.05, 3.63) is 36.0 Å². The van der Waals surface area contributed by atoms with Crippen LogP contribution >= 0.6 is 0 Å². The van der Waals surface area contributed by atoms with Gasteiger partial charge in [-0.25, -0.2) is 4.79 Å². The summed E-state index contributed by atoms with van der Waals surface area (Å²) in [6.45, 7) is 0.455. The molecule has 1 aromatic heterocycles. The third-order valence-corrected chi connectivity index (χ3v) is 3.99. The maximum Gasteiger partial charge on any atom is 0.422 e. The van der Waals surface area contributed by atoms with Crippen molar-refractivity contribution in [3.63, 3.8) is 0 Å². The maximum atomic E-state index is 12.6. The molecule has 0 radical (unpaired) electrons. The van der Waals surface area contributed by atoms with E-state index in [4.69, 9.17) is 14.2 Å². The number of hydrogen-bond acceptors (Lipinski definition) is 6. The summed E-state index contributed by atoms with van der Waals surface area (Å²) >= 11 is 0. The lowest BCUT2D eigenvalue weighted by Gasteiger charge is -2.22. The van der Waals surface area contributed by atoms with E-state index in [1.807, 2.05) is 0 Å². The van der Waals surface area contributed by atoms with Gasteiger partial charge >= 0.3 is 12.1 Å². The number of alkyl halides is 3. The number of methoxy groups -OCH3 is 1. The molecule has 0 spiro atoms. The molecule has 28 heavy (non-hydrogen) atoms. The Morgan fingerprint density at radius 1 is 1.32 bits per heavy atom. The Morgan fingerprint density at radius 3 is 2.82 bits per heavy atom. The molecule has 0 bridgehead atoms. The van der Waals surface area contributed by atoms with Gasteiger partial charge in [-0.3, -0.25) is 4.68 Å². The fraction of sp³-hybridized carbons (Fsp3) is 0.444. The van der Waals surface area contributed by atoms with E-state index >= 15 is 0 Å². The summed E-state index contributed by atoms with van der Waals surface area (Å²) in [5, 5.41) is 4.38. The number of carbonyl (C=O) groups excluding carboxylic acids is 1. The molecule has 152 valence electrons. The third kappa shape index (κ3) is 5.23. The van der Waals surface area contributed by atoms with Crippen LogP contribution < -0.4 is 4.74 Å². The highest BCUT2D eigenvalue weighted by Crippen LogP contribution is 2.31. The van der Waals surface area contributed by atoms with Crippen LogP contribution in [-0.2, 0) is 20.8 Å². The van der Waals surface area contributed by atoms with E-state index in [9.17, 15) is 18.0 Å². The molecule has 1 atom stereocenters. The Hall–Kier alpha value is -2.59. The molecule has 1 aliphatic rings. The minimum absolute atomic E-state index is 0.0793. The molecule has 1 aromatic carbocycles. The van der Waals surface area contributed by atoms with Crippen molar-refractivity contribution in [2.45, 2.75) is 18.8 Å². The summed E-state index contributed by atoms with van der Waals surface area (Å²) in [7, 11) is 1.19. The topological polar surface area (TPSA) is 71.8 Å². The lowest BCUT2D eigenvalue weighted by Crippen LogP contribution is -2.32. The minimum atomic E-state index is -4.52. The SMILES string of the molecule is COC(=O)c1ccc(-c2ccn(C[C@H]3COCCO3)n2)c(OCC(F)(F)F)c1. The van der Waals surface area contributed by atoms with E-state index in [0.29, 0.717) is 37.6 Å². The number of halogens is 3. The van der Waals surface area contributed by atoms with Gasteiger partial charge in [-0.2, -0.15) is 18.3 Å². The first-order valence-corrected chi connectivity index (χ1v) is 8.51. The molecule has 7 nitrogen and oxygen atoms in total. The molecule has 3 rings (SSSR count). The number of rotatable bonds is 6. The Kier molecular flexibility index (Phi) is 6.20. The maximum absolute atomic E-state index is 12.6. The van der Waals surface area contributed by atoms with Crippen molar-refractivity contribution in [1.29, 1.82) is 0 Å². The second kappa shape index (κ2) is 8.61. The van der Waals surface area contributed by atoms with Crippen LogP contribution in [0.25, 0.3) is 11.3 Å². The molecule has 2 aromatic rings. The normalized spacial score (nSPS) is 17.4. The average Bonchev–Trinajstić information content (AvgIpc) is 3.14. The molecule has 0 N–H and O–H groups in total. The van der Waals surface area contributed by atoms with Crippen LogP contribution in [0.2, 0.25) is 0 Å². The van der Waals surface area contributed by atoms with E-state index < -0.39 is 18.8 Å². The highest BCUT2D eigenvalue weighted by Gasteiger charge is 2.29. The van der Waals surface area contributed by atoms with Crippen molar-refractivity contribution in [2.24, 2.45) is 0 Å². The van der Waals surface area contributed by atoms with Crippen molar-refractivity contribution in [1.82, 2.24) is 9.78 Å². The molecular formula is C18H19F3N2O5. The number of ether oxygens (including phenoxy) is 4. The quantitative estimate of drug-likeness (QED) is 0.695. The summed E-state index contributed by atoms with van der Waals surface area (Å²) in [5.74, 6) is -0.786.